The van der Waals surface area contributed by atoms with E-state index in [2.05, 4.69) is 5.32 Å². The molecule has 1 N–H and O–H groups in total. The van der Waals surface area contributed by atoms with E-state index in [0.29, 0.717) is 27.7 Å². The number of nitrogens with one attached hydrogen (secondary N) is 1. The van der Waals surface area contributed by atoms with Crippen LogP contribution in [0.15, 0.2) is 89.8 Å². The van der Waals surface area contributed by atoms with Gasteiger partial charge in [0.1, 0.15) is 0 Å². The van der Waals surface area contributed by atoms with Crippen LogP contribution in [0, 0.1) is 6.92 Å². The summed E-state index contributed by atoms with van der Waals surface area (Å²) in [4.78, 5) is 39.6. The van der Waals surface area contributed by atoms with Crippen LogP contribution in [0.25, 0.3) is 16.8 Å². The lowest BCUT2D eigenvalue weighted by Crippen LogP contribution is -2.27. The Labute approximate surface area is 230 Å². The molecule has 1 saturated heterocycles. The maximum Gasteiger partial charge on any atom is 0.293 e. The number of benzene rings is 4. The Kier molecular flexibility index (Phi) is 7.65. The van der Waals surface area contributed by atoms with Gasteiger partial charge in [0.2, 0.25) is 0 Å². The van der Waals surface area contributed by atoms with Crippen LogP contribution in [0.3, 0.4) is 0 Å². The van der Waals surface area contributed by atoms with E-state index in [1.165, 1.54) is 12.0 Å². The highest BCUT2D eigenvalue weighted by atomic mass is 32.2. The zero-order chi connectivity index (χ0) is 27.4. The maximum absolute atomic E-state index is 13.1. The third-order valence-corrected chi connectivity index (χ3v) is 7.12. The van der Waals surface area contributed by atoms with Crippen LogP contribution in [-0.4, -0.2) is 35.7 Å². The van der Waals surface area contributed by atoms with E-state index >= 15 is 0 Å². The molecule has 3 amide bonds. The fraction of sp³-hybridized carbons (Fsp3) is 0.129. The number of hydrogen-bond donors (Lipinski definition) is 1. The summed E-state index contributed by atoms with van der Waals surface area (Å²) in [5.74, 6) is 0.149. The van der Waals surface area contributed by atoms with E-state index in [0.717, 1.165) is 33.7 Å². The molecule has 1 heterocycles. The van der Waals surface area contributed by atoms with Crippen LogP contribution in [-0.2, 0) is 16.1 Å². The first-order valence-corrected chi connectivity index (χ1v) is 13.1. The molecular formula is C31H26N2O5S. The first-order valence-electron chi connectivity index (χ1n) is 12.3. The second-order valence-corrected chi connectivity index (χ2v) is 10.1. The van der Waals surface area contributed by atoms with Crippen LogP contribution in [0.1, 0.15) is 16.7 Å². The van der Waals surface area contributed by atoms with E-state index in [1.54, 1.807) is 24.3 Å². The van der Waals surface area contributed by atoms with Gasteiger partial charge in [-0.15, -0.1) is 0 Å². The van der Waals surface area contributed by atoms with Gasteiger partial charge in [0.15, 0.2) is 18.1 Å². The molecule has 39 heavy (non-hydrogen) atoms. The van der Waals surface area contributed by atoms with Gasteiger partial charge >= 0.3 is 0 Å². The molecule has 0 radical (unpaired) electrons. The number of hydrogen-bond acceptors (Lipinski definition) is 6. The summed E-state index contributed by atoms with van der Waals surface area (Å²) in [6, 6.07) is 26.5. The van der Waals surface area contributed by atoms with E-state index in [9.17, 15) is 14.4 Å². The summed E-state index contributed by atoms with van der Waals surface area (Å²) in [7, 11) is 1.50. The van der Waals surface area contributed by atoms with Gasteiger partial charge < -0.3 is 14.8 Å². The van der Waals surface area contributed by atoms with Gasteiger partial charge in [0.05, 0.1) is 18.6 Å². The average molecular weight is 539 g/mol. The number of carbonyl (C=O) groups is 3. The minimum absolute atomic E-state index is 0.197. The Bertz CT molecular complexity index is 1600. The number of ether oxygens (including phenoxy) is 2. The molecule has 0 bridgehead atoms. The minimum atomic E-state index is -0.342. The monoisotopic (exact) mass is 538 g/mol. The third-order valence-electron chi connectivity index (χ3n) is 6.21. The molecule has 0 atom stereocenters. The molecule has 4 aromatic rings. The maximum atomic E-state index is 13.1. The first kappa shape index (κ1) is 26.1. The molecule has 196 valence electrons. The zero-order valence-corrected chi connectivity index (χ0v) is 22.3. The lowest BCUT2D eigenvalue weighted by molar-refractivity contribution is -0.123. The summed E-state index contributed by atoms with van der Waals surface area (Å²) in [6.07, 6.45) is 1.65. The number of nitrogens with zero attached hydrogens (tertiary/aromatic N) is 1. The van der Waals surface area contributed by atoms with Gasteiger partial charge in [-0.2, -0.15) is 0 Å². The van der Waals surface area contributed by atoms with Crippen LogP contribution < -0.4 is 14.8 Å². The van der Waals surface area contributed by atoms with E-state index < -0.39 is 0 Å². The first-order chi connectivity index (χ1) is 18.9. The number of carbonyl (C=O) groups excluding carboxylic acids is 3. The zero-order valence-electron chi connectivity index (χ0n) is 21.5. The number of methoxy groups -OCH3 is 1. The van der Waals surface area contributed by atoms with Crippen molar-refractivity contribution < 1.29 is 23.9 Å². The highest BCUT2D eigenvalue weighted by Crippen LogP contribution is 2.35. The largest absolute Gasteiger partial charge is 0.493 e. The summed E-state index contributed by atoms with van der Waals surface area (Å²) in [5.41, 5.74) is 3.33. The Balaban J connectivity index is 1.25. The van der Waals surface area contributed by atoms with Crippen molar-refractivity contribution in [3.05, 3.63) is 107 Å². The molecule has 1 fully saturated rings. The van der Waals surface area contributed by atoms with Gasteiger partial charge in [-0.1, -0.05) is 60.2 Å². The van der Waals surface area contributed by atoms with Crippen molar-refractivity contribution >= 4 is 51.4 Å². The van der Waals surface area contributed by atoms with Gasteiger partial charge in [-0.3, -0.25) is 19.3 Å². The fourth-order valence-corrected chi connectivity index (χ4v) is 5.02. The predicted octanol–water partition coefficient (Wildman–Crippen LogP) is 6.41. The van der Waals surface area contributed by atoms with E-state index in [1.807, 2.05) is 73.7 Å². The molecule has 7 nitrogen and oxygen atoms in total. The van der Waals surface area contributed by atoms with Crippen molar-refractivity contribution in [2.75, 3.05) is 19.0 Å². The van der Waals surface area contributed by atoms with Crippen LogP contribution in [0.4, 0.5) is 10.5 Å². The molecule has 0 saturated carbocycles. The second-order valence-electron chi connectivity index (χ2n) is 9.06. The van der Waals surface area contributed by atoms with E-state index in [4.69, 9.17) is 9.47 Å². The van der Waals surface area contributed by atoms with Crippen molar-refractivity contribution in [2.45, 2.75) is 13.5 Å². The lowest BCUT2D eigenvalue weighted by atomic mass is 10.1. The molecule has 0 unspecified atom stereocenters. The number of aryl methyl sites for hydroxylation is 1. The third kappa shape index (κ3) is 6.13. The summed E-state index contributed by atoms with van der Waals surface area (Å²) >= 11 is 0.907. The summed E-state index contributed by atoms with van der Waals surface area (Å²) < 4.78 is 11.1. The van der Waals surface area contributed by atoms with Crippen molar-refractivity contribution in [3.8, 4) is 11.5 Å². The molecule has 0 aliphatic carbocycles. The van der Waals surface area contributed by atoms with Crippen LogP contribution in [0.5, 0.6) is 11.5 Å². The van der Waals surface area contributed by atoms with Crippen LogP contribution >= 0.6 is 11.8 Å². The molecular weight excluding hydrogens is 512 g/mol. The van der Waals surface area contributed by atoms with Gasteiger partial charge in [0.25, 0.3) is 17.1 Å². The molecule has 0 aromatic heterocycles. The molecule has 4 aromatic carbocycles. The molecule has 1 aliphatic heterocycles. The molecule has 0 spiro atoms. The lowest BCUT2D eigenvalue weighted by Gasteiger charge is -2.13. The normalized spacial score (nSPS) is 14.2. The standard InChI is InChI=1S/C31H26N2O5S/c1-20-7-12-25(13-8-20)32-29(34)19-38-26-14-10-21(16-27(26)37-2)17-28-30(35)33(31(36)39-28)18-22-9-11-23-5-3-4-6-24(23)15-22/h3-17H,18-19H2,1-2H3,(H,32,34)/b28-17-. The van der Waals surface area contributed by atoms with Gasteiger partial charge in [-0.05, 0) is 77.0 Å². The molecule has 8 heteroatoms. The number of anilines is 1. The molecule has 5 rings (SSSR count). The van der Waals surface area contributed by atoms with Crippen molar-refractivity contribution in [1.29, 1.82) is 0 Å². The van der Waals surface area contributed by atoms with Crippen molar-refractivity contribution in [3.63, 3.8) is 0 Å². The number of thioether (sulfide) groups is 1. The SMILES string of the molecule is COc1cc(/C=C2\SC(=O)N(Cc3ccc4ccccc4c3)C2=O)ccc1OCC(=O)Nc1ccc(C)cc1. The number of imide groups is 1. The summed E-state index contributed by atoms with van der Waals surface area (Å²) in [6.45, 7) is 1.98. The minimum Gasteiger partial charge on any atom is -0.493 e. The Hall–Kier alpha value is -4.56. The fourth-order valence-electron chi connectivity index (χ4n) is 4.18. The Morgan fingerprint density at radius 1 is 0.923 bits per heavy atom. The van der Waals surface area contributed by atoms with Crippen molar-refractivity contribution in [2.24, 2.45) is 0 Å². The van der Waals surface area contributed by atoms with E-state index in [-0.39, 0.29) is 30.2 Å². The number of fused-ring (bicyclic) bond motifs is 1. The summed E-state index contributed by atoms with van der Waals surface area (Å²) in [5, 5.41) is 4.63. The second kappa shape index (κ2) is 11.4. The predicted molar refractivity (Wildman–Crippen MR) is 154 cm³/mol. The number of amides is 3. The van der Waals surface area contributed by atoms with Gasteiger partial charge in [0, 0.05) is 5.69 Å². The Morgan fingerprint density at radius 3 is 2.46 bits per heavy atom. The average Bonchev–Trinajstić information content (AvgIpc) is 3.20. The number of rotatable bonds is 8. The van der Waals surface area contributed by atoms with Crippen LogP contribution in [0.2, 0.25) is 0 Å². The quantitative estimate of drug-likeness (QED) is 0.261. The highest BCUT2D eigenvalue weighted by Gasteiger charge is 2.35. The van der Waals surface area contributed by atoms with Crippen molar-refractivity contribution in [1.82, 2.24) is 4.90 Å². The smallest absolute Gasteiger partial charge is 0.293 e. The molecule has 1 aliphatic rings. The highest BCUT2D eigenvalue weighted by molar-refractivity contribution is 8.18. The topological polar surface area (TPSA) is 84.9 Å². The van der Waals surface area contributed by atoms with Gasteiger partial charge in [-0.25, -0.2) is 0 Å². The Morgan fingerprint density at radius 2 is 1.69 bits per heavy atom.